The van der Waals surface area contributed by atoms with Gasteiger partial charge in [0, 0.05) is 17.8 Å². The Kier molecular flexibility index (Phi) is 3.36. The van der Waals surface area contributed by atoms with Crippen molar-refractivity contribution < 1.29 is 9.53 Å². The Hall–Kier alpha value is -2.75. The molecule has 0 aliphatic rings. The molecule has 3 aromatic rings. The molecule has 0 spiro atoms. The standard InChI is InChI=1S/C11H10N6O3S/c1-2-20-10-14-9(15-16-10)13-7(18)6-5-12-11-17(8(6)19)3-4-21-11/h3-5H,2H2,1H3,(H2,13,14,15,16,18). The summed E-state index contributed by atoms with van der Waals surface area (Å²) in [6.07, 6.45) is 2.80. The normalized spacial score (nSPS) is 10.7. The van der Waals surface area contributed by atoms with E-state index in [-0.39, 0.29) is 17.5 Å². The second kappa shape index (κ2) is 5.32. The summed E-state index contributed by atoms with van der Waals surface area (Å²) in [7, 11) is 0. The molecule has 0 saturated carbocycles. The molecule has 0 unspecified atom stereocenters. The van der Waals surface area contributed by atoms with Crippen LogP contribution >= 0.6 is 11.3 Å². The monoisotopic (exact) mass is 306 g/mol. The third-order valence-electron chi connectivity index (χ3n) is 2.56. The number of nitrogens with one attached hydrogen (secondary N) is 2. The van der Waals surface area contributed by atoms with Crippen molar-refractivity contribution in [3.05, 3.63) is 33.7 Å². The van der Waals surface area contributed by atoms with Crippen molar-refractivity contribution in [1.82, 2.24) is 24.6 Å². The Morgan fingerprint density at radius 3 is 3.24 bits per heavy atom. The number of hydrogen-bond donors (Lipinski definition) is 2. The first-order chi connectivity index (χ1) is 10.2. The van der Waals surface area contributed by atoms with Gasteiger partial charge in [0.05, 0.1) is 6.61 Å². The van der Waals surface area contributed by atoms with Crippen molar-refractivity contribution in [3.63, 3.8) is 0 Å². The molecule has 0 fully saturated rings. The zero-order chi connectivity index (χ0) is 14.8. The fraction of sp³-hybridized carbons (Fsp3) is 0.182. The van der Waals surface area contributed by atoms with Gasteiger partial charge in [0.15, 0.2) is 4.96 Å². The third-order valence-corrected chi connectivity index (χ3v) is 3.33. The highest BCUT2D eigenvalue weighted by molar-refractivity contribution is 7.15. The number of rotatable bonds is 4. The van der Waals surface area contributed by atoms with Crippen molar-refractivity contribution in [2.24, 2.45) is 0 Å². The lowest BCUT2D eigenvalue weighted by atomic mass is 10.3. The van der Waals surface area contributed by atoms with Gasteiger partial charge in [0.1, 0.15) is 5.56 Å². The Morgan fingerprint density at radius 2 is 2.43 bits per heavy atom. The van der Waals surface area contributed by atoms with Crippen LogP contribution in [0.15, 0.2) is 22.6 Å². The minimum atomic E-state index is -0.618. The Labute approximate surface area is 121 Å². The molecule has 9 nitrogen and oxygen atoms in total. The first-order valence-corrected chi connectivity index (χ1v) is 6.88. The summed E-state index contributed by atoms with van der Waals surface area (Å²) in [5.74, 6) is -0.523. The molecule has 0 aliphatic heterocycles. The van der Waals surface area contributed by atoms with Crippen LogP contribution in [-0.2, 0) is 0 Å². The van der Waals surface area contributed by atoms with E-state index in [4.69, 9.17) is 4.74 Å². The minimum Gasteiger partial charge on any atom is -0.463 e. The minimum absolute atomic E-state index is 0.0831. The highest BCUT2D eigenvalue weighted by Gasteiger charge is 2.15. The lowest BCUT2D eigenvalue weighted by Crippen LogP contribution is -2.26. The first kappa shape index (κ1) is 13.2. The Morgan fingerprint density at radius 1 is 1.57 bits per heavy atom. The van der Waals surface area contributed by atoms with Crippen LogP contribution in [0.1, 0.15) is 17.3 Å². The molecule has 3 heterocycles. The molecule has 0 bridgehead atoms. The van der Waals surface area contributed by atoms with Gasteiger partial charge in [-0.25, -0.2) is 10.1 Å². The summed E-state index contributed by atoms with van der Waals surface area (Å²) in [6, 6.07) is 0.121. The maximum atomic E-state index is 12.1. The van der Waals surface area contributed by atoms with Crippen molar-refractivity contribution >= 4 is 28.2 Å². The molecule has 0 radical (unpaired) electrons. The SMILES string of the molecule is CCOc1n[nH]c(NC(=O)c2cnc3sccn3c2=O)n1. The second-order valence-electron chi connectivity index (χ2n) is 3.89. The summed E-state index contributed by atoms with van der Waals surface area (Å²) < 4.78 is 6.37. The molecule has 1 amide bonds. The van der Waals surface area contributed by atoms with Crippen molar-refractivity contribution in [2.75, 3.05) is 11.9 Å². The number of amides is 1. The van der Waals surface area contributed by atoms with Crippen molar-refractivity contribution in [2.45, 2.75) is 6.92 Å². The largest absolute Gasteiger partial charge is 0.463 e. The first-order valence-electron chi connectivity index (χ1n) is 6.00. The van der Waals surface area contributed by atoms with E-state index in [2.05, 4.69) is 25.5 Å². The number of anilines is 1. The van der Waals surface area contributed by atoms with Gasteiger partial charge in [0.2, 0.25) is 5.95 Å². The Bertz CT molecular complexity index is 851. The predicted octanol–water partition coefficient (Wildman–Crippen LogP) is 0.525. The van der Waals surface area contributed by atoms with Gasteiger partial charge in [-0.05, 0) is 6.92 Å². The van der Waals surface area contributed by atoms with Crippen LogP contribution in [0.4, 0.5) is 5.95 Å². The number of carbonyl (C=O) groups is 1. The molecule has 3 aromatic heterocycles. The molecule has 0 aromatic carbocycles. The van der Waals surface area contributed by atoms with E-state index < -0.39 is 11.5 Å². The van der Waals surface area contributed by atoms with Crippen LogP contribution in [0, 0.1) is 0 Å². The number of nitrogens with zero attached hydrogens (tertiary/aromatic N) is 4. The number of hydrogen-bond acceptors (Lipinski definition) is 7. The van der Waals surface area contributed by atoms with Gasteiger partial charge in [0.25, 0.3) is 11.5 Å². The number of H-pyrrole nitrogens is 1. The fourth-order valence-electron chi connectivity index (χ4n) is 1.65. The molecular weight excluding hydrogens is 296 g/mol. The fourth-order valence-corrected chi connectivity index (χ4v) is 2.33. The molecule has 0 saturated heterocycles. The van der Waals surface area contributed by atoms with Gasteiger partial charge in [-0.2, -0.15) is 4.98 Å². The summed E-state index contributed by atoms with van der Waals surface area (Å²) >= 11 is 1.31. The maximum absolute atomic E-state index is 12.1. The number of carbonyl (C=O) groups excluding carboxylic acids is 1. The topological polar surface area (TPSA) is 114 Å². The van der Waals surface area contributed by atoms with E-state index in [1.807, 2.05) is 0 Å². The molecular formula is C11H10N6O3S. The average Bonchev–Trinajstić information content (AvgIpc) is 3.09. The van der Waals surface area contributed by atoms with Gasteiger partial charge >= 0.3 is 6.01 Å². The number of thiazole rings is 1. The van der Waals surface area contributed by atoms with Crippen LogP contribution in [-0.4, -0.2) is 37.1 Å². The molecule has 10 heteroatoms. The van der Waals surface area contributed by atoms with E-state index in [0.29, 0.717) is 11.6 Å². The van der Waals surface area contributed by atoms with E-state index in [9.17, 15) is 9.59 Å². The highest BCUT2D eigenvalue weighted by atomic mass is 32.1. The lowest BCUT2D eigenvalue weighted by molar-refractivity contribution is 0.102. The molecule has 0 atom stereocenters. The molecule has 0 aliphatic carbocycles. The molecule has 2 N–H and O–H groups in total. The van der Waals surface area contributed by atoms with Crippen LogP contribution in [0.2, 0.25) is 0 Å². The van der Waals surface area contributed by atoms with Gasteiger partial charge < -0.3 is 4.74 Å². The summed E-state index contributed by atoms with van der Waals surface area (Å²) in [5, 5.41) is 10.4. The maximum Gasteiger partial charge on any atom is 0.337 e. The zero-order valence-corrected chi connectivity index (χ0v) is 11.7. The van der Waals surface area contributed by atoms with Gasteiger partial charge in [-0.1, -0.05) is 0 Å². The highest BCUT2D eigenvalue weighted by Crippen LogP contribution is 2.08. The summed E-state index contributed by atoms with van der Waals surface area (Å²) in [4.78, 5) is 32.7. The Balaban J connectivity index is 1.86. The van der Waals surface area contributed by atoms with E-state index in [1.54, 1.807) is 18.5 Å². The van der Waals surface area contributed by atoms with Crippen molar-refractivity contribution in [1.29, 1.82) is 0 Å². The second-order valence-corrected chi connectivity index (χ2v) is 4.76. The predicted molar refractivity (Wildman–Crippen MR) is 74.8 cm³/mol. The van der Waals surface area contributed by atoms with Gasteiger partial charge in [-0.3, -0.25) is 19.3 Å². The lowest BCUT2D eigenvalue weighted by Gasteiger charge is -2.00. The van der Waals surface area contributed by atoms with Crippen LogP contribution in [0.25, 0.3) is 4.96 Å². The number of fused-ring (bicyclic) bond motifs is 1. The molecule has 3 rings (SSSR count). The smallest absolute Gasteiger partial charge is 0.337 e. The number of ether oxygens (including phenoxy) is 1. The molecule has 108 valence electrons. The summed E-state index contributed by atoms with van der Waals surface area (Å²) in [5.41, 5.74) is -0.524. The van der Waals surface area contributed by atoms with Gasteiger partial charge in [-0.15, -0.1) is 16.4 Å². The van der Waals surface area contributed by atoms with E-state index >= 15 is 0 Å². The average molecular weight is 306 g/mol. The number of aromatic nitrogens is 5. The molecule has 21 heavy (non-hydrogen) atoms. The van der Waals surface area contributed by atoms with Crippen LogP contribution in [0.3, 0.4) is 0 Å². The van der Waals surface area contributed by atoms with E-state index in [0.717, 1.165) is 0 Å². The summed E-state index contributed by atoms with van der Waals surface area (Å²) in [6.45, 7) is 2.20. The van der Waals surface area contributed by atoms with E-state index in [1.165, 1.54) is 21.9 Å². The van der Waals surface area contributed by atoms with Crippen LogP contribution in [0.5, 0.6) is 6.01 Å². The van der Waals surface area contributed by atoms with Crippen LogP contribution < -0.4 is 15.6 Å². The number of aromatic amines is 1. The quantitative estimate of drug-likeness (QED) is 0.726. The zero-order valence-electron chi connectivity index (χ0n) is 10.9. The third kappa shape index (κ3) is 2.48. The van der Waals surface area contributed by atoms with Crippen molar-refractivity contribution in [3.8, 4) is 6.01 Å².